The van der Waals surface area contributed by atoms with E-state index in [1.165, 1.54) is 19.3 Å². The molecule has 1 aromatic heterocycles. The molecule has 0 amide bonds. The van der Waals surface area contributed by atoms with Crippen molar-refractivity contribution in [2.75, 3.05) is 25.0 Å². The molecule has 1 aliphatic rings. The standard InChI is InChI=1S/C12H19N3/c1-15(12-6-2-3-9-14-12)11-5-4-8-13-10-7-11/h2-3,6,9,11,13H,4-5,7-8,10H2,1H3. The van der Waals surface area contributed by atoms with E-state index in [2.05, 4.69) is 28.3 Å². The maximum atomic E-state index is 4.39. The lowest BCUT2D eigenvalue weighted by atomic mass is 10.1. The van der Waals surface area contributed by atoms with Gasteiger partial charge in [-0.1, -0.05) is 6.07 Å². The molecular weight excluding hydrogens is 186 g/mol. The van der Waals surface area contributed by atoms with Crippen LogP contribution in [-0.2, 0) is 0 Å². The van der Waals surface area contributed by atoms with Crippen molar-refractivity contribution in [1.82, 2.24) is 10.3 Å². The van der Waals surface area contributed by atoms with Gasteiger partial charge in [-0.2, -0.15) is 0 Å². The third-order valence-electron chi connectivity index (χ3n) is 3.10. The number of hydrogen-bond acceptors (Lipinski definition) is 3. The Morgan fingerprint density at radius 1 is 1.33 bits per heavy atom. The van der Waals surface area contributed by atoms with Crippen LogP contribution in [0.15, 0.2) is 24.4 Å². The zero-order valence-electron chi connectivity index (χ0n) is 9.32. The quantitative estimate of drug-likeness (QED) is 0.796. The van der Waals surface area contributed by atoms with Gasteiger partial charge in [0.2, 0.25) is 0 Å². The van der Waals surface area contributed by atoms with Gasteiger partial charge in [-0.25, -0.2) is 4.98 Å². The molecule has 2 rings (SSSR count). The van der Waals surface area contributed by atoms with Gasteiger partial charge in [0.25, 0.3) is 0 Å². The Bertz CT molecular complexity index is 278. The van der Waals surface area contributed by atoms with E-state index in [1.807, 2.05) is 18.3 Å². The van der Waals surface area contributed by atoms with Gasteiger partial charge in [-0.3, -0.25) is 0 Å². The van der Waals surface area contributed by atoms with Crippen LogP contribution in [-0.4, -0.2) is 31.2 Å². The van der Waals surface area contributed by atoms with E-state index in [0.29, 0.717) is 6.04 Å². The highest BCUT2D eigenvalue weighted by molar-refractivity contribution is 5.37. The van der Waals surface area contributed by atoms with Gasteiger partial charge >= 0.3 is 0 Å². The first kappa shape index (κ1) is 10.4. The summed E-state index contributed by atoms with van der Waals surface area (Å²) in [4.78, 5) is 6.70. The fourth-order valence-corrected chi connectivity index (χ4v) is 2.14. The van der Waals surface area contributed by atoms with Crippen molar-refractivity contribution in [3.8, 4) is 0 Å². The minimum atomic E-state index is 0.634. The Morgan fingerprint density at radius 3 is 3.07 bits per heavy atom. The lowest BCUT2D eigenvalue weighted by molar-refractivity contribution is 0.563. The molecular formula is C12H19N3. The molecule has 0 aromatic carbocycles. The van der Waals surface area contributed by atoms with E-state index in [9.17, 15) is 0 Å². The lowest BCUT2D eigenvalue weighted by Crippen LogP contribution is -2.32. The van der Waals surface area contributed by atoms with Crippen molar-refractivity contribution in [2.24, 2.45) is 0 Å². The summed E-state index contributed by atoms with van der Waals surface area (Å²) in [7, 11) is 2.15. The predicted molar refractivity (Wildman–Crippen MR) is 63.1 cm³/mol. The number of anilines is 1. The number of rotatable bonds is 2. The first-order chi connectivity index (χ1) is 7.38. The third kappa shape index (κ3) is 2.69. The maximum Gasteiger partial charge on any atom is 0.128 e. The predicted octanol–water partition coefficient (Wildman–Crippen LogP) is 1.66. The molecule has 2 heterocycles. The smallest absolute Gasteiger partial charge is 0.128 e. The molecule has 0 saturated carbocycles. The Morgan fingerprint density at radius 2 is 2.27 bits per heavy atom. The van der Waals surface area contributed by atoms with Crippen LogP contribution >= 0.6 is 0 Å². The molecule has 1 aromatic rings. The highest BCUT2D eigenvalue weighted by Gasteiger charge is 2.17. The Balaban J connectivity index is 2.03. The second-order valence-corrected chi connectivity index (χ2v) is 4.13. The van der Waals surface area contributed by atoms with Gasteiger partial charge in [0.05, 0.1) is 0 Å². The Hall–Kier alpha value is -1.09. The van der Waals surface area contributed by atoms with Gasteiger partial charge in [0.15, 0.2) is 0 Å². The van der Waals surface area contributed by atoms with Crippen LogP contribution < -0.4 is 10.2 Å². The molecule has 1 atom stereocenters. The molecule has 82 valence electrons. The van der Waals surface area contributed by atoms with Gasteiger partial charge in [0.1, 0.15) is 5.82 Å². The van der Waals surface area contributed by atoms with Crippen LogP contribution in [0.5, 0.6) is 0 Å². The largest absolute Gasteiger partial charge is 0.357 e. The van der Waals surface area contributed by atoms with Crippen molar-refractivity contribution in [2.45, 2.75) is 25.3 Å². The molecule has 3 nitrogen and oxygen atoms in total. The third-order valence-corrected chi connectivity index (χ3v) is 3.10. The summed E-state index contributed by atoms with van der Waals surface area (Å²) in [6.45, 7) is 2.29. The normalized spacial score (nSPS) is 22.1. The summed E-state index contributed by atoms with van der Waals surface area (Å²) in [5.74, 6) is 1.09. The minimum Gasteiger partial charge on any atom is -0.357 e. The molecule has 1 saturated heterocycles. The average Bonchev–Trinajstić information content (AvgIpc) is 2.58. The molecule has 1 fully saturated rings. The first-order valence-corrected chi connectivity index (χ1v) is 5.72. The molecule has 1 aliphatic heterocycles. The first-order valence-electron chi connectivity index (χ1n) is 5.72. The van der Waals surface area contributed by atoms with Crippen LogP contribution in [0.25, 0.3) is 0 Å². The molecule has 15 heavy (non-hydrogen) atoms. The van der Waals surface area contributed by atoms with Crippen molar-refractivity contribution in [3.63, 3.8) is 0 Å². The molecule has 3 heteroatoms. The van der Waals surface area contributed by atoms with E-state index < -0.39 is 0 Å². The summed E-state index contributed by atoms with van der Waals surface area (Å²) < 4.78 is 0. The van der Waals surface area contributed by atoms with Crippen molar-refractivity contribution in [3.05, 3.63) is 24.4 Å². The summed E-state index contributed by atoms with van der Waals surface area (Å²) >= 11 is 0. The van der Waals surface area contributed by atoms with E-state index in [0.717, 1.165) is 18.9 Å². The van der Waals surface area contributed by atoms with Gasteiger partial charge in [0, 0.05) is 19.3 Å². The topological polar surface area (TPSA) is 28.2 Å². The second kappa shape index (κ2) is 5.12. The molecule has 0 spiro atoms. The molecule has 0 bridgehead atoms. The zero-order valence-corrected chi connectivity index (χ0v) is 9.32. The summed E-state index contributed by atoms with van der Waals surface area (Å²) in [6, 6.07) is 6.73. The van der Waals surface area contributed by atoms with Crippen molar-refractivity contribution < 1.29 is 0 Å². The summed E-state index contributed by atoms with van der Waals surface area (Å²) in [5, 5.41) is 3.44. The Kier molecular flexibility index (Phi) is 3.56. The van der Waals surface area contributed by atoms with E-state index in [4.69, 9.17) is 0 Å². The monoisotopic (exact) mass is 205 g/mol. The highest BCUT2D eigenvalue weighted by atomic mass is 15.2. The van der Waals surface area contributed by atoms with Crippen LogP contribution in [0.1, 0.15) is 19.3 Å². The Labute approximate surface area is 91.5 Å². The SMILES string of the molecule is CN(c1ccccn1)C1CCCNCC1. The van der Waals surface area contributed by atoms with E-state index in [-0.39, 0.29) is 0 Å². The van der Waals surface area contributed by atoms with E-state index >= 15 is 0 Å². The molecule has 0 radical (unpaired) electrons. The fraction of sp³-hybridized carbons (Fsp3) is 0.583. The highest BCUT2D eigenvalue weighted by Crippen LogP contribution is 2.17. The zero-order chi connectivity index (χ0) is 10.5. The molecule has 1 unspecified atom stereocenters. The number of nitrogens with zero attached hydrogens (tertiary/aromatic N) is 2. The minimum absolute atomic E-state index is 0.634. The van der Waals surface area contributed by atoms with Crippen LogP contribution in [0.4, 0.5) is 5.82 Å². The number of nitrogens with one attached hydrogen (secondary N) is 1. The fourth-order valence-electron chi connectivity index (χ4n) is 2.14. The van der Waals surface area contributed by atoms with Gasteiger partial charge in [-0.15, -0.1) is 0 Å². The van der Waals surface area contributed by atoms with Gasteiger partial charge in [-0.05, 0) is 44.5 Å². The number of hydrogen-bond donors (Lipinski definition) is 1. The second-order valence-electron chi connectivity index (χ2n) is 4.13. The number of pyridine rings is 1. The summed E-state index contributed by atoms with van der Waals surface area (Å²) in [5.41, 5.74) is 0. The number of aromatic nitrogens is 1. The van der Waals surface area contributed by atoms with Gasteiger partial charge < -0.3 is 10.2 Å². The van der Waals surface area contributed by atoms with E-state index in [1.54, 1.807) is 0 Å². The van der Waals surface area contributed by atoms with Crippen LogP contribution in [0.2, 0.25) is 0 Å². The van der Waals surface area contributed by atoms with Crippen LogP contribution in [0, 0.1) is 0 Å². The summed E-state index contributed by atoms with van der Waals surface area (Å²) in [6.07, 6.45) is 5.61. The maximum absolute atomic E-state index is 4.39. The lowest BCUT2D eigenvalue weighted by Gasteiger charge is -2.27. The average molecular weight is 205 g/mol. The molecule has 1 N–H and O–H groups in total. The van der Waals surface area contributed by atoms with Crippen LogP contribution in [0.3, 0.4) is 0 Å². The molecule has 0 aliphatic carbocycles. The van der Waals surface area contributed by atoms with Crippen molar-refractivity contribution >= 4 is 5.82 Å². The van der Waals surface area contributed by atoms with Crippen molar-refractivity contribution in [1.29, 1.82) is 0 Å².